The average Bonchev–Trinajstić information content (AvgIpc) is 3.43. The molecule has 1 saturated heterocycles. The highest BCUT2D eigenvalue weighted by Crippen LogP contribution is 2.29. The van der Waals surface area contributed by atoms with E-state index in [1.54, 1.807) is 35.8 Å². The second-order valence-corrected chi connectivity index (χ2v) is 9.28. The van der Waals surface area contributed by atoms with E-state index in [2.05, 4.69) is 31.7 Å². The Morgan fingerprint density at radius 2 is 1.74 bits per heavy atom. The van der Waals surface area contributed by atoms with Gasteiger partial charge in [-0.1, -0.05) is 0 Å². The van der Waals surface area contributed by atoms with Crippen molar-refractivity contribution in [3.8, 4) is 0 Å². The number of carbonyl (C=O) groups excluding carboxylic acids is 3. The molecule has 0 unspecified atom stereocenters. The van der Waals surface area contributed by atoms with Gasteiger partial charge in [-0.2, -0.15) is 9.61 Å². The number of rotatable bonds is 6. The summed E-state index contributed by atoms with van der Waals surface area (Å²) in [6.45, 7) is 0. The van der Waals surface area contributed by atoms with Crippen molar-refractivity contribution in [2.75, 3.05) is 24.7 Å². The fourth-order valence-electron chi connectivity index (χ4n) is 4.23. The minimum absolute atomic E-state index is 0.0613. The molecule has 3 aliphatic rings. The van der Waals surface area contributed by atoms with E-state index in [1.807, 2.05) is 6.07 Å². The maximum atomic E-state index is 12.0. The summed E-state index contributed by atoms with van der Waals surface area (Å²) in [6, 6.07) is 2.18. The van der Waals surface area contributed by atoms with Crippen LogP contribution in [0, 0.1) is 0 Å². The van der Waals surface area contributed by atoms with Crippen LogP contribution in [0.25, 0.3) is 11.7 Å². The number of hydrogen-bond acceptors (Lipinski definition) is 7. The van der Waals surface area contributed by atoms with E-state index in [9.17, 15) is 14.4 Å². The molecule has 0 aromatic carbocycles. The third-order valence-electron chi connectivity index (χ3n) is 6.26. The predicted octanol–water partition coefficient (Wildman–Crippen LogP) is 1.48. The molecular weight excluding hydrogens is 438 g/mol. The fourth-order valence-corrected chi connectivity index (χ4v) is 4.23. The van der Waals surface area contributed by atoms with Gasteiger partial charge in [0.1, 0.15) is 17.3 Å². The molecular formula is C22H29N9O3. The minimum atomic E-state index is -0.545. The molecule has 5 rings (SSSR count). The van der Waals surface area contributed by atoms with Crippen LogP contribution in [0.15, 0.2) is 18.0 Å². The van der Waals surface area contributed by atoms with Gasteiger partial charge in [-0.3, -0.25) is 10.1 Å². The summed E-state index contributed by atoms with van der Waals surface area (Å²) in [7, 11) is 3.48. The number of aromatic nitrogens is 3. The topological polar surface area (TPSA) is 145 Å². The smallest absolute Gasteiger partial charge is 0.326 e. The standard InChI is InChI=1S/C22H29N9O3/c1-30(2)22(34)26-15-7-3-13(4-8-15)24-17-10-18(25-14-5-6-14)31-19(28-17)12(11-23-31)9-16-20(32)29-21(33)27-16/h9-11,13-15,25H,3-8H2,1-2H3,(H,24,28)(H,26,34)(H2,27,29,32,33)/b16-9-. The van der Waals surface area contributed by atoms with Crippen molar-refractivity contribution in [1.29, 1.82) is 0 Å². The zero-order valence-corrected chi connectivity index (χ0v) is 19.2. The van der Waals surface area contributed by atoms with Crippen molar-refractivity contribution in [3.05, 3.63) is 23.5 Å². The molecule has 2 aromatic heterocycles. The molecule has 0 spiro atoms. The van der Waals surface area contributed by atoms with Gasteiger partial charge in [-0.05, 0) is 44.6 Å². The van der Waals surface area contributed by atoms with Crippen LogP contribution in [0.4, 0.5) is 21.2 Å². The Morgan fingerprint density at radius 3 is 2.38 bits per heavy atom. The Hall–Kier alpha value is -3.83. The molecule has 1 aliphatic heterocycles. The number of carbonyl (C=O) groups is 3. The lowest BCUT2D eigenvalue weighted by Crippen LogP contribution is -2.44. The summed E-state index contributed by atoms with van der Waals surface area (Å²) >= 11 is 0. The molecule has 180 valence electrons. The summed E-state index contributed by atoms with van der Waals surface area (Å²) in [5.74, 6) is 1.07. The van der Waals surface area contributed by atoms with E-state index < -0.39 is 11.9 Å². The number of urea groups is 2. The van der Waals surface area contributed by atoms with E-state index in [0.29, 0.717) is 17.3 Å². The van der Waals surface area contributed by atoms with Gasteiger partial charge in [0.05, 0.1) is 6.20 Å². The first kappa shape index (κ1) is 22.0. The van der Waals surface area contributed by atoms with Gasteiger partial charge in [0.15, 0.2) is 5.65 Å². The van der Waals surface area contributed by atoms with Crippen LogP contribution >= 0.6 is 0 Å². The van der Waals surface area contributed by atoms with Gasteiger partial charge in [0.2, 0.25) is 0 Å². The van der Waals surface area contributed by atoms with Crippen LogP contribution in [0.2, 0.25) is 0 Å². The number of hydrogen-bond donors (Lipinski definition) is 5. The number of anilines is 2. The summed E-state index contributed by atoms with van der Waals surface area (Å²) in [6.07, 6.45) is 9.06. The highest BCUT2D eigenvalue weighted by atomic mass is 16.2. The highest BCUT2D eigenvalue weighted by molar-refractivity contribution is 6.14. The zero-order chi connectivity index (χ0) is 23.8. The summed E-state index contributed by atoms with van der Waals surface area (Å²) in [4.78, 5) is 41.7. The van der Waals surface area contributed by atoms with Crippen molar-refractivity contribution >= 4 is 41.3 Å². The summed E-state index contributed by atoms with van der Waals surface area (Å²) in [5, 5.41) is 19.3. The number of nitrogens with zero attached hydrogens (tertiary/aromatic N) is 4. The molecule has 12 heteroatoms. The van der Waals surface area contributed by atoms with Crippen molar-refractivity contribution in [3.63, 3.8) is 0 Å². The summed E-state index contributed by atoms with van der Waals surface area (Å²) in [5.41, 5.74) is 1.38. The Bertz CT molecular complexity index is 1160. The largest absolute Gasteiger partial charge is 0.367 e. The monoisotopic (exact) mass is 467 g/mol. The zero-order valence-electron chi connectivity index (χ0n) is 19.2. The lowest BCUT2D eigenvalue weighted by atomic mass is 9.91. The normalized spacial score (nSPS) is 23.5. The van der Waals surface area contributed by atoms with Gasteiger partial charge in [-0.25, -0.2) is 14.6 Å². The molecule has 3 fully saturated rings. The molecule has 0 bridgehead atoms. The first-order valence-electron chi connectivity index (χ1n) is 11.6. The first-order valence-corrected chi connectivity index (χ1v) is 11.6. The second-order valence-electron chi connectivity index (χ2n) is 9.28. The van der Waals surface area contributed by atoms with Gasteiger partial charge in [-0.15, -0.1) is 0 Å². The number of nitrogens with one attached hydrogen (secondary N) is 5. The molecule has 34 heavy (non-hydrogen) atoms. The first-order chi connectivity index (χ1) is 16.4. The molecule has 0 radical (unpaired) electrons. The van der Waals surface area contributed by atoms with Crippen LogP contribution in [0.1, 0.15) is 44.1 Å². The lowest BCUT2D eigenvalue weighted by molar-refractivity contribution is -0.115. The fraction of sp³-hybridized carbons (Fsp3) is 0.500. The van der Waals surface area contributed by atoms with Crippen molar-refractivity contribution < 1.29 is 14.4 Å². The molecule has 0 atom stereocenters. The SMILES string of the molecule is CN(C)C(=O)NC1CCC(Nc2cc(NC3CC3)n3ncc(/C=C4\NC(=O)NC4=O)c3n2)CC1. The third-order valence-corrected chi connectivity index (χ3v) is 6.26. The lowest BCUT2D eigenvalue weighted by Gasteiger charge is -2.30. The molecule has 2 aliphatic carbocycles. The van der Waals surface area contributed by atoms with Gasteiger partial charge in [0, 0.05) is 43.9 Å². The van der Waals surface area contributed by atoms with E-state index in [1.165, 1.54) is 0 Å². The summed E-state index contributed by atoms with van der Waals surface area (Å²) < 4.78 is 1.72. The van der Waals surface area contributed by atoms with Gasteiger partial charge < -0.3 is 26.2 Å². The minimum Gasteiger partial charge on any atom is -0.367 e. The Labute approximate surface area is 196 Å². The predicted molar refractivity (Wildman–Crippen MR) is 126 cm³/mol. The number of imide groups is 1. The maximum Gasteiger partial charge on any atom is 0.326 e. The Morgan fingerprint density at radius 1 is 1.06 bits per heavy atom. The maximum absolute atomic E-state index is 12.0. The average molecular weight is 468 g/mol. The van der Waals surface area contributed by atoms with E-state index in [-0.39, 0.29) is 23.8 Å². The molecule has 12 nitrogen and oxygen atoms in total. The van der Waals surface area contributed by atoms with Crippen molar-refractivity contribution in [2.45, 2.75) is 56.7 Å². The van der Waals surface area contributed by atoms with E-state index in [4.69, 9.17) is 4.98 Å². The number of fused-ring (bicyclic) bond motifs is 1. The van der Waals surface area contributed by atoms with E-state index in [0.717, 1.165) is 50.2 Å². The molecule has 2 saturated carbocycles. The number of amides is 5. The molecule has 5 N–H and O–H groups in total. The Balaban J connectivity index is 1.35. The van der Waals surface area contributed by atoms with Gasteiger partial charge >= 0.3 is 12.1 Å². The second kappa shape index (κ2) is 8.84. The molecule has 3 heterocycles. The van der Waals surface area contributed by atoms with Crippen LogP contribution < -0.4 is 26.6 Å². The molecule has 5 amide bonds. The van der Waals surface area contributed by atoms with Crippen molar-refractivity contribution in [2.24, 2.45) is 0 Å². The van der Waals surface area contributed by atoms with Crippen LogP contribution in [-0.2, 0) is 4.79 Å². The van der Waals surface area contributed by atoms with Crippen LogP contribution in [-0.4, -0.2) is 69.7 Å². The van der Waals surface area contributed by atoms with E-state index >= 15 is 0 Å². The quantitative estimate of drug-likeness (QED) is 0.320. The van der Waals surface area contributed by atoms with Crippen LogP contribution in [0.5, 0.6) is 0 Å². The van der Waals surface area contributed by atoms with Crippen molar-refractivity contribution in [1.82, 2.24) is 35.4 Å². The molecule has 2 aromatic rings. The highest BCUT2D eigenvalue weighted by Gasteiger charge is 2.27. The van der Waals surface area contributed by atoms with Crippen LogP contribution in [0.3, 0.4) is 0 Å². The third kappa shape index (κ3) is 4.75. The van der Waals surface area contributed by atoms with Gasteiger partial charge in [0.25, 0.3) is 5.91 Å². The Kier molecular flexibility index (Phi) is 5.72.